The van der Waals surface area contributed by atoms with E-state index < -0.39 is 10.0 Å². The van der Waals surface area contributed by atoms with Gasteiger partial charge in [-0.05, 0) is 12.1 Å². The molecule has 4 rings (SSSR count). The summed E-state index contributed by atoms with van der Waals surface area (Å²) in [6, 6.07) is 7.86. The fourth-order valence-corrected chi connectivity index (χ4v) is 5.01. The molecule has 0 radical (unpaired) electrons. The monoisotopic (exact) mass is 479 g/mol. The van der Waals surface area contributed by atoms with Gasteiger partial charge in [0.25, 0.3) is 0 Å². The van der Waals surface area contributed by atoms with E-state index >= 15 is 0 Å². The van der Waals surface area contributed by atoms with Crippen LogP contribution in [0.4, 0.5) is 5.13 Å². The van der Waals surface area contributed by atoms with Crippen LogP contribution in [-0.2, 0) is 14.8 Å². The molecule has 1 aliphatic heterocycles. The van der Waals surface area contributed by atoms with E-state index in [-0.39, 0.29) is 23.8 Å². The van der Waals surface area contributed by atoms with E-state index in [9.17, 15) is 13.2 Å². The number of carbonyl (C=O) groups is 1. The molecule has 1 amide bonds. The Balaban J connectivity index is 1.36. The van der Waals surface area contributed by atoms with Gasteiger partial charge >= 0.3 is 0 Å². The molecular weight excluding hydrogens is 458 g/mol. The lowest BCUT2D eigenvalue weighted by Crippen LogP contribution is -2.27. The molecule has 12 heteroatoms. The van der Waals surface area contributed by atoms with Crippen molar-refractivity contribution in [1.82, 2.24) is 9.71 Å². The van der Waals surface area contributed by atoms with Crippen molar-refractivity contribution in [3.05, 3.63) is 30.3 Å². The van der Waals surface area contributed by atoms with E-state index in [4.69, 9.17) is 18.9 Å². The van der Waals surface area contributed by atoms with Crippen molar-refractivity contribution in [2.75, 3.05) is 39.3 Å². The minimum absolute atomic E-state index is 0.00939. The fourth-order valence-electron chi connectivity index (χ4n) is 3.07. The molecule has 0 saturated carbocycles. The number of thiazole rings is 1. The van der Waals surface area contributed by atoms with Crippen LogP contribution in [0.15, 0.2) is 35.2 Å². The molecule has 0 aliphatic carbocycles. The first-order chi connectivity index (χ1) is 15.4. The van der Waals surface area contributed by atoms with Crippen molar-refractivity contribution >= 4 is 42.6 Å². The maximum Gasteiger partial charge on any atom is 0.240 e. The normalized spacial score (nSPS) is 13.1. The molecule has 170 valence electrons. The van der Waals surface area contributed by atoms with E-state index in [2.05, 4.69) is 15.0 Å². The van der Waals surface area contributed by atoms with Crippen LogP contribution in [0, 0.1) is 0 Å². The number of hydrogen-bond donors (Lipinski definition) is 2. The fraction of sp³-hybridized carbons (Fsp3) is 0.300. The molecule has 1 aromatic heterocycles. The summed E-state index contributed by atoms with van der Waals surface area (Å²) in [5.74, 6) is 1.62. The van der Waals surface area contributed by atoms with Gasteiger partial charge in [0.2, 0.25) is 15.9 Å². The molecule has 2 heterocycles. The highest BCUT2D eigenvalue weighted by Crippen LogP contribution is 2.37. The Labute approximate surface area is 188 Å². The van der Waals surface area contributed by atoms with Crippen molar-refractivity contribution in [2.45, 2.75) is 11.3 Å². The molecule has 0 saturated heterocycles. The standard InChI is InChI=1S/C20H21N3O7S2/c1-27-14-4-3-12(9-15(14)28-2)32(25,26)21-6-5-19(24)23-20-22-13-10-16-17(11-18(13)31-20)30-8-7-29-16/h3-4,9-11,21H,5-8H2,1-2H3,(H,22,23,24). The van der Waals surface area contributed by atoms with Crippen LogP contribution in [0.25, 0.3) is 10.2 Å². The lowest BCUT2D eigenvalue weighted by molar-refractivity contribution is -0.116. The Morgan fingerprint density at radius 1 is 1.09 bits per heavy atom. The van der Waals surface area contributed by atoms with E-state index in [1.165, 1.54) is 43.8 Å². The van der Waals surface area contributed by atoms with Gasteiger partial charge in [-0.1, -0.05) is 11.3 Å². The van der Waals surface area contributed by atoms with E-state index in [0.29, 0.717) is 46.9 Å². The summed E-state index contributed by atoms with van der Waals surface area (Å²) in [4.78, 5) is 16.7. The molecule has 2 N–H and O–H groups in total. The second kappa shape index (κ2) is 9.18. The molecular formula is C20H21N3O7S2. The van der Waals surface area contributed by atoms with Gasteiger partial charge in [-0.25, -0.2) is 18.1 Å². The second-order valence-corrected chi connectivity index (χ2v) is 9.49. The smallest absolute Gasteiger partial charge is 0.240 e. The highest BCUT2D eigenvalue weighted by Gasteiger charge is 2.18. The first-order valence-electron chi connectivity index (χ1n) is 9.61. The summed E-state index contributed by atoms with van der Waals surface area (Å²) in [5.41, 5.74) is 0.684. The van der Waals surface area contributed by atoms with Crippen LogP contribution in [0.1, 0.15) is 6.42 Å². The predicted octanol–water partition coefficient (Wildman–Crippen LogP) is 2.39. The average molecular weight is 480 g/mol. The summed E-state index contributed by atoms with van der Waals surface area (Å²) < 4.78 is 49.6. The van der Waals surface area contributed by atoms with Crippen LogP contribution in [0.5, 0.6) is 23.0 Å². The number of fused-ring (bicyclic) bond motifs is 2. The molecule has 32 heavy (non-hydrogen) atoms. The average Bonchev–Trinajstić information content (AvgIpc) is 3.17. The van der Waals surface area contributed by atoms with Gasteiger partial charge in [-0.15, -0.1) is 0 Å². The summed E-state index contributed by atoms with van der Waals surface area (Å²) in [6.45, 7) is 0.884. The van der Waals surface area contributed by atoms with Gasteiger partial charge < -0.3 is 24.3 Å². The quantitative estimate of drug-likeness (QED) is 0.505. The van der Waals surface area contributed by atoms with Crippen LogP contribution in [0.3, 0.4) is 0 Å². The Morgan fingerprint density at radius 2 is 1.81 bits per heavy atom. The third-order valence-corrected chi connectivity index (χ3v) is 7.00. The zero-order valence-electron chi connectivity index (χ0n) is 17.3. The Hall–Kier alpha value is -3.09. The molecule has 0 fully saturated rings. The molecule has 0 unspecified atom stereocenters. The number of hydrogen-bond acceptors (Lipinski definition) is 9. The Bertz CT molecular complexity index is 1210. The number of rotatable bonds is 8. The Kier molecular flexibility index (Phi) is 6.35. The van der Waals surface area contributed by atoms with E-state index in [0.717, 1.165) is 4.70 Å². The van der Waals surface area contributed by atoms with Gasteiger partial charge in [-0.3, -0.25) is 4.79 Å². The molecule has 0 spiro atoms. The molecule has 0 atom stereocenters. The van der Waals surface area contributed by atoms with Gasteiger partial charge in [0.15, 0.2) is 28.1 Å². The number of anilines is 1. The number of carbonyl (C=O) groups excluding carboxylic acids is 1. The molecule has 0 bridgehead atoms. The number of ether oxygens (including phenoxy) is 4. The number of nitrogens with one attached hydrogen (secondary N) is 2. The number of aromatic nitrogens is 1. The zero-order valence-corrected chi connectivity index (χ0v) is 19.0. The first kappa shape index (κ1) is 22.1. The third kappa shape index (κ3) is 4.71. The van der Waals surface area contributed by atoms with Crippen LogP contribution in [0.2, 0.25) is 0 Å². The van der Waals surface area contributed by atoms with Crippen LogP contribution < -0.4 is 29.0 Å². The van der Waals surface area contributed by atoms with Gasteiger partial charge in [0.05, 0.1) is 29.3 Å². The van der Waals surface area contributed by atoms with Crippen molar-refractivity contribution in [3.8, 4) is 23.0 Å². The second-order valence-electron chi connectivity index (χ2n) is 6.70. The predicted molar refractivity (Wildman–Crippen MR) is 119 cm³/mol. The number of benzene rings is 2. The summed E-state index contributed by atoms with van der Waals surface area (Å²) >= 11 is 1.30. The van der Waals surface area contributed by atoms with Crippen LogP contribution in [-0.4, -0.2) is 53.3 Å². The largest absolute Gasteiger partial charge is 0.493 e. The van der Waals surface area contributed by atoms with Crippen LogP contribution >= 0.6 is 11.3 Å². The molecule has 2 aromatic carbocycles. The lowest BCUT2D eigenvalue weighted by atomic mass is 10.3. The van der Waals surface area contributed by atoms with E-state index in [1.807, 2.05) is 6.07 Å². The van der Waals surface area contributed by atoms with Crippen molar-refractivity contribution in [1.29, 1.82) is 0 Å². The lowest BCUT2D eigenvalue weighted by Gasteiger charge is -2.17. The summed E-state index contributed by atoms with van der Waals surface area (Å²) in [6.07, 6.45) is -0.0643. The SMILES string of the molecule is COc1ccc(S(=O)(=O)NCCC(=O)Nc2nc3cc4c(cc3s2)OCCO4)cc1OC. The summed E-state index contributed by atoms with van der Waals surface area (Å²) in [5, 5.41) is 3.11. The molecule has 3 aromatic rings. The van der Waals surface area contributed by atoms with Gasteiger partial charge in [0.1, 0.15) is 13.2 Å². The maximum absolute atomic E-state index is 12.5. The third-order valence-electron chi connectivity index (χ3n) is 4.61. The van der Waals surface area contributed by atoms with Crippen molar-refractivity contribution in [3.63, 3.8) is 0 Å². The highest BCUT2D eigenvalue weighted by molar-refractivity contribution is 7.89. The minimum atomic E-state index is -3.82. The topological polar surface area (TPSA) is 125 Å². The zero-order chi connectivity index (χ0) is 22.7. The highest BCUT2D eigenvalue weighted by atomic mass is 32.2. The number of amides is 1. The van der Waals surface area contributed by atoms with Crippen molar-refractivity contribution in [2.24, 2.45) is 0 Å². The van der Waals surface area contributed by atoms with Gasteiger partial charge in [-0.2, -0.15) is 0 Å². The molecule has 1 aliphatic rings. The van der Waals surface area contributed by atoms with Gasteiger partial charge in [0, 0.05) is 31.2 Å². The summed E-state index contributed by atoms with van der Waals surface area (Å²) in [7, 11) is -0.940. The van der Waals surface area contributed by atoms with Crippen molar-refractivity contribution < 1.29 is 32.2 Å². The number of sulfonamides is 1. The first-order valence-corrected chi connectivity index (χ1v) is 11.9. The van der Waals surface area contributed by atoms with E-state index in [1.54, 1.807) is 6.07 Å². The Morgan fingerprint density at radius 3 is 2.53 bits per heavy atom. The number of methoxy groups -OCH3 is 2. The number of nitrogens with zero attached hydrogens (tertiary/aromatic N) is 1. The molecule has 10 nitrogen and oxygen atoms in total. The minimum Gasteiger partial charge on any atom is -0.493 e. The maximum atomic E-state index is 12.5.